The molecule has 2 N–H and O–H groups in total. The summed E-state index contributed by atoms with van der Waals surface area (Å²) in [6.45, 7) is 3.46. The van der Waals surface area contributed by atoms with E-state index in [-0.39, 0.29) is 11.9 Å². The van der Waals surface area contributed by atoms with Crippen molar-refractivity contribution in [2.75, 3.05) is 4.90 Å². The van der Waals surface area contributed by atoms with Crippen LogP contribution < -0.4 is 10.6 Å². The van der Waals surface area contributed by atoms with Crippen LogP contribution in [-0.2, 0) is 13.1 Å². The van der Waals surface area contributed by atoms with Crippen molar-refractivity contribution in [1.29, 1.82) is 0 Å². The van der Waals surface area contributed by atoms with E-state index in [1.165, 1.54) is 17.2 Å². The van der Waals surface area contributed by atoms with E-state index < -0.39 is 0 Å². The fourth-order valence-corrected chi connectivity index (χ4v) is 2.76. The average Bonchev–Trinajstić information content (AvgIpc) is 2.81. The van der Waals surface area contributed by atoms with Gasteiger partial charge in [-0.25, -0.2) is 4.39 Å². The molecule has 2 nitrogen and oxygen atoms in total. The Kier molecular flexibility index (Phi) is 2.99. The van der Waals surface area contributed by atoms with Crippen molar-refractivity contribution in [1.82, 2.24) is 0 Å². The van der Waals surface area contributed by atoms with Crippen LogP contribution in [0.5, 0.6) is 0 Å². The lowest BCUT2D eigenvalue weighted by Gasteiger charge is -2.23. The van der Waals surface area contributed by atoms with E-state index in [9.17, 15) is 4.39 Å². The first kappa shape index (κ1) is 12.2. The second-order valence-corrected chi connectivity index (χ2v) is 5.09. The topological polar surface area (TPSA) is 29.3 Å². The van der Waals surface area contributed by atoms with Crippen molar-refractivity contribution in [2.24, 2.45) is 5.73 Å². The highest BCUT2D eigenvalue weighted by molar-refractivity contribution is 5.58. The number of anilines is 1. The van der Waals surface area contributed by atoms with Crippen molar-refractivity contribution in [3.63, 3.8) is 0 Å². The van der Waals surface area contributed by atoms with Crippen molar-refractivity contribution in [3.05, 3.63) is 65.0 Å². The summed E-state index contributed by atoms with van der Waals surface area (Å²) in [5.41, 5.74) is 10.1. The lowest BCUT2D eigenvalue weighted by atomic mass is 10.1. The number of halogens is 1. The molecule has 0 spiro atoms. The van der Waals surface area contributed by atoms with Gasteiger partial charge in [0.05, 0.1) is 0 Å². The van der Waals surface area contributed by atoms with Gasteiger partial charge in [0.1, 0.15) is 5.82 Å². The van der Waals surface area contributed by atoms with E-state index in [0.717, 1.165) is 18.8 Å². The van der Waals surface area contributed by atoms with Crippen LogP contribution in [-0.4, -0.2) is 0 Å². The maximum Gasteiger partial charge on any atom is 0.130 e. The Balaban J connectivity index is 2.00. The Morgan fingerprint density at radius 2 is 1.68 bits per heavy atom. The molecule has 1 aliphatic heterocycles. The van der Waals surface area contributed by atoms with Crippen molar-refractivity contribution >= 4 is 5.69 Å². The van der Waals surface area contributed by atoms with Gasteiger partial charge in [-0.1, -0.05) is 30.3 Å². The van der Waals surface area contributed by atoms with Crippen molar-refractivity contribution in [2.45, 2.75) is 26.1 Å². The van der Waals surface area contributed by atoms with Crippen molar-refractivity contribution < 1.29 is 4.39 Å². The first-order valence-electron chi connectivity index (χ1n) is 6.52. The lowest BCUT2D eigenvalue weighted by Crippen LogP contribution is -2.20. The van der Waals surface area contributed by atoms with Crippen LogP contribution in [0.2, 0.25) is 0 Å². The lowest BCUT2D eigenvalue weighted by molar-refractivity contribution is 0.591. The minimum absolute atomic E-state index is 0.219. The van der Waals surface area contributed by atoms with E-state index in [4.69, 9.17) is 5.73 Å². The number of benzene rings is 2. The van der Waals surface area contributed by atoms with E-state index in [1.807, 2.05) is 25.1 Å². The molecule has 19 heavy (non-hydrogen) atoms. The molecule has 1 aliphatic rings. The third kappa shape index (κ3) is 2.10. The molecule has 0 saturated heterocycles. The van der Waals surface area contributed by atoms with E-state index in [2.05, 4.69) is 17.0 Å². The van der Waals surface area contributed by atoms with Gasteiger partial charge in [-0.05, 0) is 30.2 Å². The van der Waals surface area contributed by atoms with Gasteiger partial charge in [0, 0.05) is 30.4 Å². The summed E-state index contributed by atoms with van der Waals surface area (Å²) in [6.07, 6.45) is 0. The SMILES string of the molecule is C[C@@H](N)c1c(F)cccc1N1Cc2ccccc2C1. The van der Waals surface area contributed by atoms with Gasteiger partial charge >= 0.3 is 0 Å². The average molecular weight is 256 g/mol. The molecule has 2 aromatic carbocycles. The second-order valence-electron chi connectivity index (χ2n) is 5.09. The Morgan fingerprint density at radius 1 is 1.05 bits per heavy atom. The van der Waals surface area contributed by atoms with Gasteiger partial charge in [0.2, 0.25) is 0 Å². The summed E-state index contributed by atoms with van der Waals surface area (Å²) in [5.74, 6) is -0.219. The molecule has 3 heteroatoms. The summed E-state index contributed by atoms with van der Waals surface area (Å²) in [6, 6.07) is 13.2. The summed E-state index contributed by atoms with van der Waals surface area (Å²) in [7, 11) is 0. The first-order valence-corrected chi connectivity index (χ1v) is 6.52. The highest BCUT2D eigenvalue weighted by Crippen LogP contribution is 2.33. The van der Waals surface area contributed by atoms with E-state index >= 15 is 0 Å². The molecule has 0 amide bonds. The number of fused-ring (bicyclic) bond motifs is 1. The Bertz CT molecular complexity index is 582. The molecule has 0 bridgehead atoms. The summed E-state index contributed by atoms with van der Waals surface area (Å²) in [5, 5.41) is 0. The van der Waals surface area contributed by atoms with Gasteiger partial charge in [-0.15, -0.1) is 0 Å². The summed E-state index contributed by atoms with van der Waals surface area (Å²) < 4.78 is 14.0. The predicted molar refractivity (Wildman–Crippen MR) is 75.3 cm³/mol. The molecule has 0 fully saturated rings. The number of nitrogens with two attached hydrogens (primary N) is 1. The monoisotopic (exact) mass is 256 g/mol. The fraction of sp³-hybridized carbons (Fsp3) is 0.250. The van der Waals surface area contributed by atoms with Crippen LogP contribution in [0.25, 0.3) is 0 Å². The van der Waals surface area contributed by atoms with Crippen LogP contribution >= 0.6 is 0 Å². The molecule has 0 aliphatic carbocycles. The van der Waals surface area contributed by atoms with Crippen molar-refractivity contribution in [3.8, 4) is 0 Å². The molecule has 0 unspecified atom stereocenters. The van der Waals surface area contributed by atoms with Gasteiger partial charge in [-0.3, -0.25) is 0 Å². The van der Waals surface area contributed by atoms with Crippen LogP contribution in [0.1, 0.15) is 29.7 Å². The Hall–Kier alpha value is -1.87. The van der Waals surface area contributed by atoms with Gasteiger partial charge in [0.25, 0.3) is 0 Å². The van der Waals surface area contributed by atoms with Gasteiger partial charge in [0.15, 0.2) is 0 Å². The minimum Gasteiger partial charge on any atom is -0.362 e. The molecular weight excluding hydrogens is 239 g/mol. The zero-order chi connectivity index (χ0) is 13.4. The zero-order valence-electron chi connectivity index (χ0n) is 10.9. The van der Waals surface area contributed by atoms with Gasteiger partial charge in [-0.2, -0.15) is 0 Å². The Labute approximate surface area is 112 Å². The maximum atomic E-state index is 14.0. The summed E-state index contributed by atoms with van der Waals surface area (Å²) in [4.78, 5) is 2.19. The highest BCUT2D eigenvalue weighted by Gasteiger charge is 2.23. The Morgan fingerprint density at radius 3 is 2.26 bits per heavy atom. The fourth-order valence-electron chi connectivity index (χ4n) is 2.76. The second kappa shape index (κ2) is 4.67. The highest BCUT2D eigenvalue weighted by atomic mass is 19.1. The quantitative estimate of drug-likeness (QED) is 0.892. The van der Waals surface area contributed by atoms with Gasteiger partial charge < -0.3 is 10.6 Å². The molecule has 98 valence electrons. The number of rotatable bonds is 2. The molecule has 1 heterocycles. The van der Waals surface area contributed by atoms with E-state index in [0.29, 0.717) is 5.56 Å². The van der Waals surface area contributed by atoms with E-state index in [1.54, 1.807) is 6.07 Å². The smallest absolute Gasteiger partial charge is 0.130 e. The largest absolute Gasteiger partial charge is 0.362 e. The number of hydrogen-bond acceptors (Lipinski definition) is 2. The number of nitrogens with zero attached hydrogens (tertiary/aromatic N) is 1. The minimum atomic E-state index is -0.306. The van der Waals surface area contributed by atoms with Crippen LogP contribution in [0.15, 0.2) is 42.5 Å². The molecule has 0 radical (unpaired) electrons. The molecule has 1 atom stereocenters. The first-order chi connectivity index (χ1) is 9.16. The molecule has 2 aromatic rings. The number of hydrogen-bond donors (Lipinski definition) is 1. The summed E-state index contributed by atoms with van der Waals surface area (Å²) >= 11 is 0. The third-order valence-corrected chi connectivity index (χ3v) is 3.67. The standard InChI is InChI=1S/C16H17FN2/c1-11(18)16-14(17)7-4-8-15(16)19-9-12-5-2-3-6-13(12)10-19/h2-8,11H,9-10,18H2,1H3/t11-/m1/s1. The normalized spacial score (nSPS) is 15.4. The molecular formula is C16H17FN2. The van der Waals surface area contributed by atoms with Crippen LogP contribution in [0.3, 0.4) is 0 Å². The predicted octanol–water partition coefficient (Wildman–Crippen LogP) is 3.37. The maximum absolute atomic E-state index is 14.0. The van der Waals surface area contributed by atoms with Crippen LogP contribution in [0.4, 0.5) is 10.1 Å². The third-order valence-electron chi connectivity index (χ3n) is 3.67. The molecule has 3 rings (SSSR count). The van der Waals surface area contributed by atoms with Crippen LogP contribution in [0, 0.1) is 5.82 Å². The molecule has 0 aromatic heterocycles. The zero-order valence-corrected chi connectivity index (χ0v) is 10.9. The molecule has 0 saturated carbocycles.